The molecule has 0 saturated heterocycles. The molecule has 0 heterocycles. The molecule has 0 aromatic carbocycles. The first-order valence-corrected chi connectivity index (χ1v) is 8.90. The van der Waals surface area contributed by atoms with E-state index >= 15 is 0 Å². The highest BCUT2D eigenvalue weighted by atomic mass is 16.2. The van der Waals surface area contributed by atoms with Crippen LogP contribution in [-0.2, 0) is 4.79 Å². The lowest BCUT2D eigenvalue weighted by Gasteiger charge is -2.13. The monoisotopic (exact) mass is 313 g/mol. The van der Waals surface area contributed by atoms with E-state index in [1.807, 2.05) is 0 Å². The molecule has 5 heteroatoms. The van der Waals surface area contributed by atoms with Crippen LogP contribution < -0.4 is 16.8 Å². The Morgan fingerprint density at radius 1 is 0.818 bits per heavy atom. The van der Waals surface area contributed by atoms with Crippen molar-refractivity contribution in [3.05, 3.63) is 0 Å². The number of amides is 3. The molecule has 0 saturated carbocycles. The van der Waals surface area contributed by atoms with Crippen molar-refractivity contribution in [1.29, 1.82) is 0 Å². The molecule has 0 rings (SSSR count). The minimum absolute atomic E-state index is 0.0198. The molecule has 1 unspecified atom stereocenters. The van der Waals surface area contributed by atoms with Crippen molar-refractivity contribution in [2.75, 3.05) is 6.54 Å². The Morgan fingerprint density at radius 3 is 1.82 bits per heavy atom. The quantitative estimate of drug-likeness (QED) is 0.403. The van der Waals surface area contributed by atoms with Crippen molar-refractivity contribution >= 4 is 11.9 Å². The minimum atomic E-state index is -0.495. The van der Waals surface area contributed by atoms with E-state index in [2.05, 4.69) is 12.2 Å². The van der Waals surface area contributed by atoms with Gasteiger partial charge in [-0.25, -0.2) is 4.79 Å². The second-order valence-electron chi connectivity index (χ2n) is 6.15. The fraction of sp³-hybridized carbons (Fsp3) is 0.882. The molecule has 22 heavy (non-hydrogen) atoms. The van der Waals surface area contributed by atoms with Crippen LogP contribution in [0, 0.1) is 5.92 Å². The van der Waals surface area contributed by atoms with Gasteiger partial charge < -0.3 is 16.8 Å². The van der Waals surface area contributed by atoms with Crippen LogP contribution in [0.3, 0.4) is 0 Å². The molecule has 0 aromatic heterocycles. The van der Waals surface area contributed by atoms with Crippen LogP contribution >= 0.6 is 0 Å². The average molecular weight is 313 g/mol. The maximum atomic E-state index is 11.4. The molecular formula is C17H35N3O2. The van der Waals surface area contributed by atoms with E-state index in [-0.39, 0.29) is 11.8 Å². The first kappa shape index (κ1) is 20.7. The van der Waals surface area contributed by atoms with Gasteiger partial charge >= 0.3 is 6.03 Å². The number of rotatable bonds is 15. The molecule has 1 atom stereocenters. The Labute approximate surface area is 135 Å². The topological polar surface area (TPSA) is 98.2 Å². The van der Waals surface area contributed by atoms with E-state index in [4.69, 9.17) is 11.5 Å². The zero-order valence-corrected chi connectivity index (χ0v) is 14.2. The van der Waals surface area contributed by atoms with Gasteiger partial charge in [-0.15, -0.1) is 0 Å². The molecule has 3 amide bonds. The Kier molecular flexibility index (Phi) is 13.8. The molecule has 130 valence electrons. The normalized spacial score (nSPS) is 12.0. The highest BCUT2D eigenvalue weighted by molar-refractivity contribution is 5.76. The summed E-state index contributed by atoms with van der Waals surface area (Å²) in [6, 6.07) is -0.495. The number of urea groups is 1. The third kappa shape index (κ3) is 13.7. The molecule has 0 aliphatic carbocycles. The number of carbonyl (C=O) groups is 2. The van der Waals surface area contributed by atoms with E-state index in [0.717, 1.165) is 32.1 Å². The number of unbranched alkanes of at least 4 members (excludes halogenated alkanes) is 8. The van der Waals surface area contributed by atoms with Gasteiger partial charge in [-0.2, -0.15) is 0 Å². The minimum Gasteiger partial charge on any atom is -0.369 e. The zero-order valence-electron chi connectivity index (χ0n) is 14.2. The summed E-state index contributed by atoms with van der Waals surface area (Å²) >= 11 is 0. The number of hydrogen-bond acceptors (Lipinski definition) is 2. The number of primary amides is 2. The SMILES string of the molecule is CCCCCCCCCCC(CCCCNC(N)=O)C(N)=O. The van der Waals surface area contributed by atoms with E-state index in [0.29, 0.717) is 6.54 Å². The van der Waals surface area contributed by atoms with Crippen LogP contribution in [0.25, 0.3) is 0 Å². The Hall–Kier alpha value is -1.26. The molecule has 5 N–H and O–H groups in total. The van der Waals surface area contributed by atoms with Crippen LogP contribution in [-0.4, -0.2) is 18.5 Å². The molecule has 0 aliphatic rings. The van der Waals surface area contributed by atoms with Gasteiger partial charge in [0.15, 0.2) is 0 Å². The highest BCUT2D eigenvalue weighted by Gasteiger charge is 2.14. The maximum Gasteiger partial charge on any atom is 0.312 e. The Balaban J connectivity index is 3.56. The van der Waals surface area contributed by atoms with Gasteiger partial charge in [0, 0.05) is 12.5 Å². The van der Waals surface area contributed by atoms with Gasteiger partial charge in [0.05, 0.1) is 0 Å². The molecule has 0 aromatic rings. The van der Waals surface area contributed by atoms with E-state index in [9.17, 15) is 9.59 Å². The standard InChI is InChI=1S/C17H35N3O2/c1-2-3-4-5-6-7-8-9-12-15(16(18)21)13-10-11-14-20-17(19)22/h15H,2-14H2,1H3,(H2,18,21)(H3,19,20,22). The second kappa shape index (κ2) is 14.7. The first-order valence-electron chi connectivity index (χ1n) is 8.90. The largest absolute Gasteiger partial charge is 0.369 e. The van der Waals surface area contributed by atoms with Gasteiger partial charge in [-0.05, 0) is 19.3 Å². The lowest BCUT2D eigenvalue weighted by atomic mass is 9.94. The predicted octanol–water partition coefficient (Wildman–Crippen LogP) is 3.46. The number of nitrogens with two attached hydrogens (primary N) is 2. The van der Waals surface area contributed by atoms with Gasteiger partial charge in [-0.1, -0.05) is 64.7 Å². The fourth-order valence-corrected chi connectivity index (χ4v) is 2.68. The molecule has 0 aliphatic heterocycles. The zero-order chi connectivity index (χ0) is 16.6. The average Bonchev–Trinajstić information content (AvgIpc) is 2.46. The van der Waals surface area contributed by atoms with Crippen molar-refractivity contribution in [2.45, 2.75) is 84.0 Å². The number of carbonyl (C=O) groups excluding carboxylic acids is 2. The summed E-state index contributed by atoms with van der Waals surface area (Å²) in [5.74, 6) is -0.209. The Morgan fingerprint density at radius 2 is 1.32 bits per heavy atom. The van der Waals surface area contributed by atoms with Crippen LogP contribution in [0.1, 0.15) is 84.0 Å². The van der Waals surface area contributed by atoms with Crippen LogP contribution in [0.2, 0.25) is 0 Å². The highest BCUT2D eigenvalue weighted by Crippen LogP contribution is 2.17. The predicted molar refractivity (Wildman–Crippen MR) is 91.3 cm³/mol. The van der Waals surface area contributed by atoms with Crippen molar-refractivity contribution in [1.82, 2.24) is 5.32 Å². The summed E-state index contributed by atoms with van der Waals surface area (Å²) in [7, 11) is 0. The lowest BCUT2D eigenvalue weighted by molar-refractivity contribution is -0.122. The first-order chi connectivity index (χ1) is 10.6. The van der Waals surface area contributed by atoms with E-state index in [1.165, 1.54) is 44.9 Å². The van der Waals surface area contributed by atoms with E-state index < -0.39 is 6.03 Å². The van der Waals surface area contributed by atoms with Crippen LogP contribution in [0.5, 0.6) is 0 Å². The summed E-state index contributed by atoms with van der Waals surface area (Å²) in [6.07, 6.45) is 13.6. The lowest BCUT2D eigenvalue weighted by Crippen LogP contribution is -2.30. The van der Waals surface area contributed by atoms with Gasteiger partial charge in [0.2, 0.25) is 5.91 Å². The van der Waals surface area contributed by atoms with E-state index in [1.54, 1.807) is 0 Å². The number of hydrogen-bond donors (Lipinski definition) is 3. The van der Waals surface area contributed by atoms with Crippen molar-refractivity contribution in [3.8, 4) is 0 Å². The van der Waals surface area contributed by atoms with Crippen molar-refractivity contribution in [3.63, 3.8) is 0 Å². The molecule has 0 fully saturated rings. The molecule has 0 bridgehead atoms. The summed E-state index contributed by atoms with van der Waals surface area (Å²) in [6.45, 7) is 2.80. The summed E-state index contributed by atoms with van der Waals surface area (Å²) in [5.41, 5.74) is 10.5. The van der Waals surface area contributed by atoms with Crippen LogP contribution in [0.15, 0.2) is 0 Å². The van der Waals surface area contributed by atoms with Crippen molar-refractivity contribution < 1.29 is 9.59 Å². The second-order valence-corrected chi connectivity index (χ2v) is 6.15. The molecule has 5 nitrogen and oxygen atoms in total. The number of nitrogens with one attached hydrogen (secondary N) is 1. The van der Waals surface area contributed by atoms with Gasteiger partial charge in [0.1, 0.15) is 0 Å². The summed E-state index contributed by atoms with van der Waals surface area (Å²) < 4.78 is 0. The smallest absolute Gasteiger partial charge is 0.312 e. The maximum absolute atomic E-state index is 11.4. The Bertz CT molecular complexity index is 296. The summed E-state index contributed by atoms with van der Waals surface area (Å²) in [5, 5.41) is 2.55. The van der Waals surface area contributed by atoms with Crippen LogP contribution in [0.4, 0.5) is 4.79 Å². The van der Waals surface area contributed by atoms with Crippen molar-refractivity contribution in [2.24, 2.45) is 17.4 Å². The molecule has 0 radical (unpaired) electrons. The third-order valence-corrected chi connectivity index (χ3v) is 4.09. The fourth-order valence-electron chi connectivity index (χ4n) is 2.68. The third-order valence-electron chi connectivity index (χ3n) is 4.09. The molecular weight excluding hydrogens is 278 g/mol. The summed E-state index contributed by atoms with van der Waals surface area (Å²) in [4.78, 5) is 22.0. The molecule has 0 spiro atoms. The van der Waals surface area contributed by atoms with Gasteiger partial charge in [0.25, 0.3) is 0 Å². The van der Waals surface area contributed by atoms with Gasteiger partial charge in [-0.3, -0.25) is 4.79 Å².